The fourth-order valence-electron chi connectivity index (χ4n) is 2.75. The van der Waals surface area contributed by atoms with E-state index >= 15 is 0 Å². The standard InChI is InChI=1S/C10H14.2C9H10O2.CH4/c1-3-9-5-7-10(4-2)8-6-9;2*1-2-4-8(5-3-1)10-6-9-7-11-9;/h5-8H,3-4H2,1-2H3;2*1-5,9H,6-7H2;1H4. The van der Waals surface area contributed by atoms with Crippen LogP contribution in [-0.2, 0) is 22.3 Å². The third-order valence-corrected chi connectivity index (χ3v) is 5.00. The average molecular weight is 451 g/mol. The van der Waals surface area contributed by atoms with Gasteiger partial charge in [-0.1, -0.05) is 81.9 Å². The van der Waals surface area contributed by atoms with Crippen LogP contribution in [0, 0.1) is 0 Å². The maximum absolute atomic E-state index is 5.40. The van der Waals surface area contributed by atoms with E-state index in [9.17, 15) is 0 Å². The van der Waals surface area contributed by atoms with Gasteiger partial charge < -0.3 is 18.9 Å². The van der Waals surface area contributed by atoms with Crippen LogP contribution in [0.3, 0.4) is 0 Å². The van der Waals surface area contributed by atoms with Crippen LogP contribution in [-0.4, -0.2) is 38.6 Å². The maximum Gasteiger partial charge on any atom is 0.119 e. The maximum atomic E-state index is 5.40. The zero-order valence-electron chi connectivity index (χ0n) is 19.1. The minimum atomic E-state index is 0. The third kappa shape index (κ3) is 11.6. The Labute approximate surface area is 199 Å². The van der Waals surface area contributed by atoms with Gasteiger partial charge >= 0.3 is 0 Å². The molecule has 3 aromatic rings. The highest BCUT2D eigenvalue weighted by molar-refractivity contribution is 5.22. The van der Waals surface area contributed by atoms with Crippen LogP contribution in [0.5, 0.6) is 11.5 Å². The monoisotopic (exact) mass is 450 g/mol. The number of hydrogen-bond acceptors (Lipinski definition) is 4. The van der Waals surface area contributed by atoms with Crippen molar-refractivity contribution in [3.63, 3.8) is 0 Å². The highest BCUT2D eigenvalue weighted by Crippen LogP contribution is 2.14. The van der Waals surface area contributed by atoms with E-state index in [0.29, 0.717) is 25.4 Å². The van der Waals surface area contributed by atoms with Gasteiger partial charge in [-0.05, 0) is 48.2 Å². The Balaban J connectivity index is 0.000000173. The lowest BCUT2D eigenvalue weighted by atomic mass is 10.1. The number of benzene rings is 3. The Morgan fingerprint density at radius 2 is 0.939 bits per heavy atom. The molecule has 3 aromatic carbocycles. The molecule has 4 heteroatoms. The van der Waals surface area contributed by atoms with E-state index in [1.807, 2.05) is 60.7 Å². The van der Waals surface area contributed by atoms with Crippen LogP contribution in [0.15, 0.2) is 84.9 Å². The van der Waals surface area contributed by atoms with Gasteiger partial charge in [0.15, 0.2) is 0 Å². The topological polar surface area (TPSA) is 43.5 Å². The molecule has 2 atom stereocenters. The summed E-state index contributed by atoms with van der Waals surface area (Å²) in [6, 6.07) is 28.4. The first-order valence-electron chi connectivity index (χ1n) is 11.4. The van der Waals surface area contributed by atoms with E-state index in [1.54, 1.807) is 0 Å². The van der Waals surface area contributed by atoms with Gasteiger partial charge in [0.25, 0.3) is 0 Å². The van der Waals surface area contributed by atoms with Crippen LogP contribution in [0.2, 0.25) is 0 Å². The molecular weight excluding hydrogens is 412 g/mol. The predicted octanol–water partition coefficient (Wildman–Crippen LogP) is 6.38. The second-order valence-electron chi connectivity index (χ2n) is 7.68. The summed E-state index contributed by atoms with van der Waals surface area (Å²) in [7, 11) is 0. The van der Waals surface area contributed by atoms with Crippen molar-refractivity contribution >= 4 is 0 Å². The lowest BCUT2D eigenvalue weighted by Gasteiger charge is -2.01. The van der Waals surface area contributed by atoms with Crippen LogP contribution in [0.1, 0.15) is 32.4 Å². The lowest BCUT2D eigenvalue weighted by molar-refractivity contribution is 0.263. The summed E-state index contributed by atoms with van der Waals surface area (Å²) >= 11 is 0. The van der Waals surface area contributed by atoms with Gasteiger partial charge in [-0.3, -0.25) is 0 Å². The van der Waals surface area contributed by atoms with E-state index in [-0.39, 0.29) is 7.43 Å². The number of aryl methyl sites for hydroxylation is 2. The van der Waals surface area contributed by atoms with Gasteiger partial charge in [0.2, 0.25) is 0 Å². The third-order valence-electron chi connectivity index (χ3n) is 5.00. The molecule has 0 bridgehead atoms. The number of para-hydroxylation sites is 2. The second kappa shape index (κ2) is 15.1. The molecule has 4 nitrogen and oxygen atoms in total. The SMILES string of the molecule is C.CCc1ccc(CC)cc1.c1ccc(OCC2CO2)cc1.c1ccc(OCC2CO2)cc1. The van der Waals surface area contributed by atoms with Gasteiger partial charge in [0.05, 0.1) is 13.2 Å². The summed E-state index contributed by atoms with van der Waals surface area (Å²) in [5, 5.41) is 0. The van der Waals surface area contributed by atoms with Crippen molar-refractivity contribution in [2.75, 3.05) is 26.4 Å². The van der Waals surface area contributed by atoms with Crippen LogP contribution >= 0.6 is 0 Å². The molecule has 2 unspecified atom stereocenters. The minimum Gasteiger partial charge on any atom is -0.491 e. The molecule has 0 aliphatic carbocycles. The summed E-state index contributed by atoms with van der Waals surface area (Å²) < 4.78 is 20.8. The van der Waals surface area contributed by atoms with Crippen molar-refractivity contribution in [3.05, 3.63) is 96.1 Å². The molecule has 0 amide bonds. The van der Waals surface area contributed by atoms with Gasteiger partial charge in [-0.15, -0.1) is 0 Å². The molecule has 2 fully saturated rings. The van der Waals surface area contributed by atoms with Crippen LogP contribution in [0.4, 0.5) is 0 Å². The molecule has 5 rings (SSSR count). The van der Waals surface area contributed by atoms with E-state index in [0.717, 1.165) is 37.6 Å². The molecule has 0 aromatic heterocycles. The molecule has 0 radical (unpaired) electrons. The Morgan fingerprint density at radius 1 is 0.606 bits per heavy atom. The Bertz CT molecular complexity index is 783. The number of rotatable bonds is 8. The summed E-state index contributed by atoms with van der Waals surface area (Å²) in [6.45, 7) is 7.44. The molecule has 2 aliphatic heterocycles. The molecule has 33 heavy (non-hydrogen) atoms. The zero-order chi connectivity index (χ0) is 22.4. The predicted molar refractivity (Wildman–Crippen MR) is 135 cm³/mol. The van der Waals surface area contributed by atoms with Crippen molar-refractivity contribution in [2.24, 2.45) is 0 Å². The minimum absolute atomic E-state index is 0. The largest absolute Gasteiger partial charge is 0.491 e. The Hall–Kier alpha value is -2.82. The lowest BCUT2D eigenvalue weighted by Crippen LogP contribution is -2.03. The molecule has 2 heterocycles. The number of epoxide rings is 2. The van der Waals surface area contributed by atoms with E-state index in [2.05, 4.69) is 38.1 Å². The highest BCUT2D eigenvalue weighted by Gasteiger charge is 2.23. The smallest absolute Gasteiger partial charge is 0.119 e. The molecule has 0 N–H and O–H groups in total. The van der Waals surface area contributed by atoms with Crippen molar-refractivity contribution < 1.29 is 18.9 Å². The molecule has 2 aliphatic rings. The molecule has 178 valence electrons. The quantitative estimate of drug-likeness (QED) is 0.374. The van der Waals surface area contributed by atoms with Crippen molar-refractivity contribution in [1.29, 1.82) is 0 Å². The summed E-state index contributed by atoms with van der Waals surface area (Å²) in [5.74, 6) is 1.84. The normalized spacial score (nSPS) is 17.2. The Kier molecular flexibility index (Phi) is 12.1. The van der Waals surface area contributed by atoms with Crippen LogP contribution in [0.25, 0.3) is 0 Å². The van der Waals surface area contributed by atoms with E-state index in [1.165, 1.54) is 11.1 Å². The zero-order valence-corrected chi connectivity index (χ0v) is 19.1. The van der Waals surface area contributed by atoms with Crippen LogP contribution < -0.4 is 9.47 Å². The second-order valence-corrected chi connectivity index (χ2v) is 7.68. The van der Waals surface area contributed by atoms with E-state index in [4.69, 9.17) is 18.9 Å². The summed E-state index contributed by atoms with van der Waals surface area (Å²) in [5.41, 5.74) is 2.86. The van der Waals surface area contributed by atoms with Gasteiger partial charge in [-0.2, -0.15) is 0 Å². The Morgan fingerprint density at radius 3 is 1.21 bits per heavy atom. The van der Waals surface area contributed by atoms with Gasteiger partial charge in [-0.25, -0.2) is 0 Å². The highest BCUT2D eigenvalue weighted by atomic mass is 16.6. The number of hydrogen-bond donors (Lipinski definition) is 0. The summed E-state index contributed by atoms with van der Waals surface area (Å²) in [6.07, 6.45) is 2.97. The first-order valence-corrected chi connectivity index (χ1v) is 11.4. The summed E-state index contributed by atoms with van der Waals surface area (Å²) in [4.78, 5) is 0. The van der Waals surface area contributed by atoms with Crippen molar-refractivity contribution in [2.45, 2.75) is 46.3 Å². The first kappa shape index (κ1) is 26.4. The average Bonchev–Trinajstić information content (AvgIpc) is 3.79. The fourth-order valence-corrected chi connectivity index (χ4v) is 2.75. The molecule has 2 saturated heterocycles. The van der Waals surface area contributed by atoms with Gasteiger partial charge in [0.1, 0.15) is 36.9 Å². The van der Waals surface area contributed by atoms with Crippen molar-refractivity contribution in [1.82, 2.24) is 0 Å². The van der Waals surface area contributed by atoms with E-state index < -0.39 is 0 Å². The molecule has 0 spiro atoms. The molecule has 0 saturated carbocycles. The van der Waals surface area contributed by atoms with Gasteiger partial charge in [0, 0.05) is 0 Å². The van der Waals surface area contributed by atoms with Crippen molar-refractivity contribution in [3.8, 4) is 11.5 Å². The molecular formula is C29H38O4. The first-order chi connectivity index (χ1) is 15.8. The fraction of sp³-hybridized carbons (Fsp3) is 0.379. The number of ether oxygens (including phenoxy) is 4.